The van der Waals surface area contributed by atoms with Crippen molar-refractivity contribution in [3.8, 4) is 5.75 Å². The quantitative estimate of drug-likeness (QED) is 0.824. The lowest BCUT2D eigenvalue weighted by molar-refractivity contribution is 0.0580. The smallest absolute Gasteiger partial charge is 0.254 e. The Morgan fingerprint density at radius 3 is 2.79 bits per heavy atom. The fourth-order valence-electron chi connectivity index (χ4n) is 2.20. The van der Waals surface area contributed by atoms with Gasteiger partial charge in [0, 0.05) is 25.7 Å². The molecule has 0 saturated carbocycles. The van der Waals surface area contributed by atoms with Gasteiger partial charge in [0.2, 0.25) is 0 Å². The van der Waals surface area contributed by atoms with Crippen molar-refractivity contribution >= 4 is 5.91 Å². The lowest BCUT2D eigenvalue weighted by Crippen LogP contribution is -2.44. The molecule has 19 heavy (non-hydrogen) atoms. The fourth-order valence-corrected chi connectivity index (χ4v) is 2.20. The Hall–Kier alpha value is -1.66. The highest BCUT2D eigenvalue weighted by molar-refractivity contribution is 5.94. The maximum absolute atomic E-state index is 13.6. The molecule has 0 unspecified atom stereocenters. The number of nitrogens with one attached hydrogen (secondary N) is 1. The summed E-state index contributed by atoms with van der Waals surface area (Å²) < 4.78 is 18.4. The van der Waals surface area contributed by atoms with Crippen LogP contribution >= 0.6 is 0 Å². The predicted molar refractivity (Wildman–Crippen MR) is 67.7 cm³/mol. The molecule has 1 heterocycles. The number of hydrogen-bond acceptors (Lipinski definition) is 4. The van der Waals surface area contributed by atoms with Crippen molar-refractivity contribution in [1.29, 1.82) is 0 Å². The van der Waals surface area contributed by atoms with Crippen LogP contribution in [0.15, 0.2) is 18.2 Å². The lowest BCUT2D eigenvalue weighted by Gasteiger charge is -2.26. The summed E-state index contributed by atoms with van der Waals surface area (Å²) in [5, 5.41) is 12.7. The lowest BCUT2D eigenvalue weighted by atomic mass is 10.1. The van der Waals surface area contributed by atoms with Gasteiger partial charge < -0.3 is 20.1 Å². The van der Waals surface area contributed by atoms with Crippen LogP contribution in [0.5, 0.6) is 5.75 Å². The maximum atomic E-state index is 13.6. The van der Waals surface area contributed by atoms with Crippen molar-refractivity contribution < 1.29 is 19.0 Å². The van der Waals surface area contributed by atoms with Crippen LogP contribution in [0.2, 0.25) is 0 Å². The van der Waals surface area contributed by atoms with Crippen LogP contribution in [0, 0.1) is 5.82 Å². The van der Waals surface area contributed by atoms with Gasteiger partial charge in [0.1, 0.15) is 0 Å². The Morgan fingerprint density at radius 2 is 2.26 bits per heavy atom. The number of hydrogen-bond donors (Lipinski definition) is 2. The molecule has 5 nitrogen and oxygen atoms in total. The zero-order chi connectivity index (χ0) is 14.0. The average Bonchev–Trinajstić information content (AvgIpc) is 2.83. The molecule has 0 bridgehead atoms. The fraction of sp³-hybridized carbons (Fsp3) is 0.462. The molecular formula is C13H17FN2O3. The number of amides is 1. The number of methoxy groups -OCH3 is 1. The minimum Gasteiger partial charge on any atom is -0.494 e. The van der Waals surface area contributed by atoms with E-state index in [1.54, 1.807) is 7.05 Å². The number of ether oxygens (including phenoxy) is 1. The number of nitrogens with zero attached hydrogens (tertiary/aromatic N) is 1. The summed E-state index contributed by atoms with van der Waals surface area (Å²) in [4.78, 5) is 13.6. The third-order valence-electron chi connectivity index (χ3n) is 3.37. The van der Waals surface area contributed by atoms with Crippen LogP contribution in [0.1, 0.15) is 10.4 Å². The molecule has 0 spiro atoms. The van der Waals surface area contributed by atoms with Crippen molar-refractivity contribution in [2.45, 2.75) is 12.1 Å². The third-order valence-corrected chi connectivity index (χ3v) is 3.37. The van der Waals surface area contributed by atoms with Crippen LogP contribution in [-0.2, 0) is 0 Å². The van der Waals surface area contributed by atoms with Crippen molar-refractivity contribution in [2.75, 3.05) is 27.2 Å². The minimum atomic E-state index is -0.600. The highest BCUT2D eigenvalue weighted by Gasteiger charge is 2.31. The molecule has 1 amide bonds. The summed E-state index contributed by atoms with van der Waals surface area (Å²) in [6.45, 7) is 0.987. The van der Waals surface area contributed by atoms with E-state index in [4.69, 9.17) is 4.74 Å². The van der Waals surface area contributed by atoms with Gasteiger partial charge in [-0.3, -0.25) is 4.79 Å². The Bertz CT molecular complexity index is 481. The summed E-state index contributed by atoms with van der Waals surface area (Å²) in [6.07, 6.45) is -0.600. The summed E-state index contributed by atoms with van der Waals surface area (Å²) >= 11 is 0. The van der Waals surface area contributed by atoms with Crippen LogP contribution in [-0.4, -0.2) is 55.3 Å². The minimum absolute atomic E-state index is 0.0989. The van der Waals surface area contributed by atoms with Crippen molar-refractivity contribution in [1.82, 2.24) is 10.2 Å². The van der Waals surface area contributed by atoms with E-state index in [1.165, 1.54) is 24.1 Å². The second kappa shape index (κ2) is 5.54. The number of carbonyl (C=O) groups is 1. The van der Waals surface area contributed by atoms with Gasteiger partial charge in [-0.25, -0.2) is 4.39 Å². The second-order valence-electron chi connectivity index (χ2n) is 4.56. The van der Waals surface area contributed by atoms with E-state index >= 15 is 0 Å². The Morgan fingerprint density at radius 1 is 1.53 bits per heavy atom. The van der Waals surface area contributed by atoms with Gasteiger partial charge >= 0.3 is 0 Å². The molecule has 2 rings (SSSR count). The molecule has 2 N–H and O–H groups in total. The molecule has 1 fully saturated rings. The second-order valence-corrected chi connectivity index (χ2v) is 4.56. The van der Waals surface area contributed by atoms with Crippen LogP contribution < -0.4 is 10.1 Å². The molecule has 0 radical (unpaired) electrons. The van der Waals surface area contributed by atoms with Crippen LogP contribution in [0.3, 0.4) is 0 Å². The van der Waals surface area contributed by atoms with Gasteiger partial charge in [-0.05, 0) is 18.2 Å². The van der Waals surface area contributed by atoms with Gasteiger partial charge in [0.05, 0.1) is 19.3 Å². The molecule has 1 aromatic carbocycles. The highest BCUT2D eigenvalue weighted by Crippen LogP contribution is 2.19. The molecule has 104 valence electrons. The first-order valence-electron chi connectivity index (χ1n) is 6.04. The average molecular weight is 268 g/mol. The summed E-state index contributed by atoms with van der Waals surface area (Å²) in [7, 11) is 2.97. The van der Waals surface area contributed by atoms with Gasteiger partial charge in [0.25, 0.3) is 5.91 Å². The Balaban J connectivity index is 2.17. The number of likely N-dealkylation sites (N-methyl/N-ethyl adjacent to an activating group) is 1. The van der Waals surface area contributed by atoms with E-state index in [0.717, 1.165) is 6.07 Å². The molecule has 1 aliphatic rings. The van der Waals surface area contributed by atoms with E-state index < -0.39 is 11.9 Å². The molecule has 0 aromatic heterocycles. The van der Waals surface area contributed by atoms with Gasteiger partial charge in [-0.15, -0.1) is 0 Å². The molecule has 0 aliphatic carbocycles. The monoisotopic (exact) mass is 268 g/mol. The number of aliphatic hydroxyl groups excluding tert-OH is 1. The van der Waals surface area contributed by atoms with Crippen molar-refractivity contribution in [3.63, 3.8) is 0 Å². The summed E-state index contributed by atoms with van der Waals surface area (Å²) in [6, 6.07) is 3.78. The van der Waals surface area contributed by atoms with Crippen LogP contribution in [0.4, 0.5) is 4.39 Å². The SMILES string of the molecule is COc1ccc(C(=O)N(C)[C@@H]2CNC[C@H]2O)cc1F. The number of halogens is 1. The van der Waals surface area contributed by atoms with E-state index in [0.29, 0.717) is 13.1 Å². The summed E-state index contributed by atoms with van der Waals surface area (Å²) in [5.41, 5.74) is 0.236. The number of β-amino-alcohol motifs (C(OH)–C–C–N with tert-alkyl or cyclic N) is 1. The number of rotatable bonds is 3. The molecule has 1 saturated heterocycles. The van der Waals surface area contributed by atoms with Crippen molar-refractivity contribution in [3.05, 3.63) is 29.6 Å². The maximum Gasteiger partial charge on any atom is 0.254 e. The highest BCUT2D eigenvalue weighted by atomic mass is 19.1. The first-order chi connectivity index (χ1) is 9.04. The molecule has 1 aromatic rings. The Labute approximate surface area is 111 Å². The largest absolute Gasteiger partial charge is 0.494 e. The third kappa shape index (κ3) is 2.69. The van der Waals surface area contributed by atoms with E-state index in [9.17, 15) is 14.3 Å². The molecule has 1 aliphatic heterocycles. The first kappa shape index (κ1) is 13.8. The standard InChI is InChI=1S/C13H17FN2O3/c1-16(10-6-15-7-11(10)17)13(18)8-3-4-12(19-2)9(14)5-8/h3-5,10-11,15,17H,6-7H2,1-2H3/t10-,11-/m1/s1. The summed E-state index contributed by atoms with van der Waals surface area (Å²) in [5.74, 6) is -0.803. The van der Waals surface area contributed by atoms with Crippen molar-refractivity contribution in [2.24, 2.45) is 0 Å². The molecule has 2 atom stereocenters. The number of aliphatic hydroxyl groups is 1. The van der Waals surface area contributed by atoms with E-state index in [-0.39, 0.29) is 23.3 Å². The topological polar surface area (TPSA) is 61.8 Å². The zero-order valence-corrected chi connectivity index (χ0v) is 10.9. The van der Waals surface area contributed by atoms with Crippen LogP contribution in [0.25, 0.3) is 0 Å². The number of benzene rings is 1. The van der Waals surface area contributed by atoms with E-state index in [1.807, 2.05) is 0 Å². The molecular weight excluding hydrogens is 251 g/mol. The van der Waals surface area contributed by atoms with Gasteiger partial charge in [0.15, 0.2) is 11.6 Å². The predicted octanol–water partition coefficient (Wildman–Crippen LogP) is 0.239. The first-order valence-corrected chi connectivity index (χ1v) is 6.04. The van der Waals surface area contributed by atoms with Gasteiger partial charge in [-0.2, -0.15) is 0 Å². The Kier molecular flexibility index (Phi) is 4.01. The normalized spacial score (nSPS) is 22.3. The molecule has 6 heteroatoms. The number of carbonyl (C=O) groups excluding carboxylic acids is 1. The zero-order valence-electron chi connectivity index (χ0n) is 10.9. The van der Waals surface area contributed by atoms with Gasteiger partial charge in [-0.1, -0.05) is 0 Å². The van der Waals surface area contributed by atoms with E-state index in [2.05, 4.69) is 5.32 Å².